The van der Waals surface area contributed by atoms with Crippen molar-refractivity contribution < 1.29 is 9.90 Å². The van der Waals surface area contributed by atoms with Crippen LogP contribution in [0.1, 0.15) is 10.5 Å². The molecule has 0 aromatic carbocycles. The van der Waals surface area contributed by atoms with E-state index in [9.17, 15) is 4.79 Å². The van der Waals surface area contributed by atoms with Crippen molar-refractivity contribution in [3.05, 3.63) is 24.0 Å². The Hall–Kier alpha value is -1.04. The van der Waals surface area contributed by atoms with Gasteiger partial charge in [-0.1, -0.05) is 0 Å². The summed E-state index contributed by atoms with van der Waals surface area (Å²) in [6, 6.07) is 3.37. The standard InChI is InChI=1S/C11H15N3O2.2ClH/c1-13-4-6-14(7-5-13)9-2-3-10(11(15)16)12-8-9;;/h2-3,8H,4-7H2,1H3,(H,15,16);2*1H. The fourth-order valence-corrected chi connectivity index (χ4v) is 1.76. The number of aromatic carboxylic acids is 1. The van der Waals surface area contributed by atoms with Crippen LogP contribution in [0, 0.1) is 0 Å². The highest BCUT2D eigenvalue weighted by Crippen LogP contribution is 2.14. The van der Waals surface area contributed by atoms with Crippen LogP contribution in [0.25, 0.3) is 0 Å². The number of anilines is 1. The summed E-state index contributed by atoms with van der Waals surface area (Å²) in [7, 11) is 2.10. The van der Waals surface area contributed by atoms with Crippen molar-refractivity contribution in [2.75, 3.05) is 38.1 Å². The summed E-state index contributed by atoms with van der Waals surface area (Å²) < 4.78 is 0. The van der Waals surface area contributed by atoms with E-state index in [4.69, 9.17) is 5.11 Å². The molecule has 1 fully saturated rings. The first-order valence-electron chi connectivity index (χ1n) is 5.29. The molecule has 2 heterocycles. The molecule has 0 saturated carbocycles. The predicted molar refractivity (Wildman–Crippen MR) is 75.4 cm³/mol. The maximum absolute atomic E-state index is 10.6. The summed E-state index contributed by atoms with van der Waals surface area (Å²) in [5, 5.41) is 8.74. The van der Waals surface area contributed by atoms with Crippen molar-refractivity contribution in [2.45, 2.75) is 0 Å². The van der Waals surface area contributed by atoms with Gasteiger partial charge in [0.25, 0.3) is 0 Å². The van der Waals surface area contributed by atoms with Gasteiger partial charge in [-0.3, -0.25) is 0 Å². The number of rotatable bonds is 2. The fraction of sp³-hybridized carbons (Fsp3) is 0.455. The van der Waals surface area contributed by atoms with Gasteiger partial charge in [0.2, 0.25) is 0 Å². The fourth-order valence-electron chi connectivity index (χ4n) is 1.76. The van der Waals surface area contributed by atoms with E-state index in [1.807, 2.05) is 6.07 Å². The number of carbonyl (C=O) groups is 1. The lowest BCUT2D eigenvalue weighted by Gasteiger charge is -2.33. The van der Waals surface area contributed by atoms with Crippen molar-refractivity contribution in [3.63, 3.8) is 0 Å². The molecule has 0 aliphatic carbocycles. The molecule has 1 N–H and O–H groups in total. The molecule has 0 radical (unpaired) electrons. The lowest BCUT2D eigenvalue weighted by molar-refractivity contribution is 0.0690. The normalized spacial score (nSPS) is 15.5. The summed E-state index contributed by atoms with van der Waals surface area (Å²) >= 11 is 0. The molecule has 0 spiro atoms. The molecular weight excluding hydrogens is 277 g/mol. The summed E-state index contributed by atoms with van der Waals surface area (Å²) in [6.45, 7) is 3.98. The van der Waals surface area contributed by atoms with Crippen LogP contribution in [0.4, 0.5) is 5.69 Å². The van der Waals surface area contributed by atoms with Crippen LogP contribution in [-0.4, -0.2) is 54.2 Å². The van der Waals surface area contributed by atoms with Crippen LogP contribution in [0.3, 0.4) is 0 Å². The number of hydrogen-bond acceptors (Lipinski definition) is 4. The third-order valence-electron chi connectivity index (χ3n) is 2.84. The molecule has 1 aliphatic heterocycles. The van der Waals surface area contributed by atoms with E-state index >= 15 is 0 Å². The van der Waals surface area contributed by atoms with Crippen LogP contribution in [-0.2, 0) is 0 Å². The van der Waals surface area contributed by atoms with Crippen molar-refractivity contribution in [3.8, 4) is 0 Å². The summed E-state index contributed by atoms with van der Waals surface area (Å²) in [5.41, 5.74) is 1.09. The molecule has 0 atom stereocenters. The lowest BCUT2D eigenvalue weighted by atomic mass is 10.2. The van der Waals surface area contributed by atoms with E-state index in [-0.39, 0.29) is 30.5 Å². The Labute approximate surface area is 119 Å². The zero-order valence-corrected chi connectivity index (χ0v) is 11.7. The first kappa shape index (κ1) is 17.0. The average Bonchev–Trinajstić information content (AvgIpc) is 2.30. The molecule has 2 rings (SSSR count). The monoisotopic (exact) mass is 293 g/mol. The van der Waals surface area contributed by atoms with Crippen LogP contribution in [0.5, 0.6) is 0 Å². The highest BCUT2D eigenvalue weighted by molar-refractivity contribution is 5.86. The molecule has 1 aromatic rings. The number of nitrogens with zero attached hydrogens (tertiary/aromatic N) is 3. The summed E-state index contributed by atoms with van der Waals surface area (Å²) in [5.74, 6) is -0.982. The minimum Gasteiger partial charge on any atom is -0.477 e. The van der Waals surface area contributed by atoms with Gasteiger partial charge in [-0.05, 0) is 19.2 Å². The van der Waals surface area contributed by atoms with Gasteiger partial charge in [-0.15, -0.1) is 24.8 Å². The summed E-state index contributed by atoms with van der Waals surface area (Å²) in [4.78, 5) is 19.1. The second-order valence-electron chi connectivity index (χ2n) is 4.00. The molecule has 102 valence electrons. The number of piperazine rings is 1. The van der Waals surface area contributed by atoms with Gasteiger partial charge < -0.3 is 14.9 Å². The first-order chi connectivity index (χ1) is 7.66. The van der Waals surface area contributed by atoms with Gasteiger partial charge >= 0.3 is 5.97 Å². The molecule has 7 heteroatoms. The Morgan fingerprint density at radius 2 is 1.83 bits per heavy atom. The lowest BCUT2D eigenvalue weighted by Crippen LogP contribution is -2.44. The van der Waals surface area contributed by atoms with Crippen molar-refractivity contribution in [2.24, 2.45) is 0 Å². The number of halogens is 2. The molecule has 0 bridgehead atoms. The zero-order chi connectivity index (χ0) is 11.5. The number of pyridine rings is 1. The van der Waals surface area contributed by atoms with E-state index in [1.54, 1.807) is 12.3 Å². The molecule has 1 aromatic heterocycles. The SMILES string of the molecule is CN1CCN(c2ccc(C(=O)O)nc2)CC1.Cl.Cl. The second kappa shape index (κ2) is 7.41. The van der Waals surface area contributed by atoms with Crippen LogP contribution >= 0.6 is 24.8 Å². The maximum Gasteiger partial charge on any atom is 0.354 e. The highest BCUT2D eigenvalue weighted by Gasteiger charge is 2.14. The number of hydrogen-bond donors (Lipinski definition) is 1. The minimum absolute atomic E-state index is 0. The Kier molecular flexibility index (Phi) is 6.98. The predicted octanol–water partition coefficient (Wildman–Crippen LogP) is 1.38. The van der Waals surface area contributed by atoms with Gasteiger partial charge in [-0.25, -0.2) is 9.78 Å². The smallest absolute Gasteiger partial charge is 0.354 e. The molecule has 1 aliphatic rings. The zero-order valence-electron chi connectivity index (χ0n) is 10.1. The van der Waals surface area contributed by atoms with Crippen molar-refractivity contribution in [1.82, 2.24) is 9.88 Å². The first-order valence-corrected chi connectivity index (χ1v) is 5.29. The van der Waals surface area contributed by atoms with Gasteiger partial charge in [0, 0.05) is 26.2 Å². The molecule has 0 amide bonds. The van der Waals surface area contributed by atoms with Crippen LogP contribution in [0.15, 0.2) is 18.3 Å². The Morgan fingerprint density at radius 1 is 1.22 bits per heavy atom. The van der Waals surface area contributed by atoms with E-state index in [0.717, 1.165) is 31.9 Å². The van der Waals surface area contributed by atoms with Crippen molar-refractivity contribution >= 4 is 36.5 Å². The number of carboxylic acid groups (broad SMARTS) is 1. The Morgan fingerprint density at radius 3 is 2.28 bits per heavy atom. The number of likely N-dealkylation sites (N-methyl/N-ethyl adjacent to an activating group) is 1. The topological polar surface area (TPSA) is 56.7 Å². The van der Waals surface area contributed by atoms with E-state index < -0.39 is 5.97 Å². The Bertz CT molecular complexity index is 378. The second-order valence-corrected chi connectivity index (χ2v) is 4.00. The number of aromatic nitrogens is 1. The maximum atomic E-state index is 10.6. The van der Waals surface area contributed by atoms with Crippen LogP contribution in [0.2, 0.25) is 0 Å². The van der Waals surface area contributed by atoms with E-state index in [2.05, 4.69) is 21.8 Å². The van der Waals surface area contributed by atoms with Gasteiger partial charge in [-0.2, -0.15) is 0 Å². The van der Waals surface area contributed by atoms with Crippen LogP contribution < -0.4 is 4.90 Å². The molecule has 5 nitrogen and oxygen atoms in total. The minimum atomic E-state index is -0.982. The molecule has 0 unspecified atom stereocenters. The van der Waals surface area contributed by atoms with Gasteiger partial charge in [0.05, 0.1) is 11.9 Å². The highest BCUT2D eigenvalue weighted by atomic mass is 35.5. The Balaban J connectivity index is 0.00000144. The average molecular weight is 294 g/mol. The van der Waals surface area contributed by atoms with Crippen molar-refractivity contribution in [1.29, 1.82) is 0 Å². The van der Waals surface area contributed by atoms with Gasteiger partial charge in [0.15, 0.2) is 0 Å². The quantitative estimate of drug-likeness (QED) is 0.893. The van der Waals surface area contributed by atoms with E-state index in [1.165, 1.54) is 0 Å². The molecular formula is C11H17Cl2N3O2. The third kappa shape index (κ3) is 4.01. The third-order valence-corrected chi connectivity index (χ3v) is 2.84. The van der Waals surface area contributed by atoms with E-state index in [0.29, 0.717) is 0 Å². The van der Waals surface area contributed by atoms with Gasteiger partial charge in [0.1, 0.15) is 5.69 Å². The molecule has 18 heavy (non-hydrogen) atoms. The summed E-state index contributed by atoms with van der Waals surface area (Å²) in [6.07, 6.45) is 1.63. The molecule has 1 saturated heterocycles. The number of carboxylic acids is 1. The largest absolute Gasteiger partial charge is 0.477 e.